The molecule has 0 atom stereocenters. The van der Waals surface area contributed by atoms with Gasteiger partial charge in [-0.25, -0.2) is 0 Å². The Morgan fingerprint density at radius 3 is 2.00 bits per heavy atom. The first kappa shape index (κ1) is 14.2. The smallest absolute Gasteiger partial charge is 0.102 e. The number of nitriles is 3. The van der Waals surface area contributed by atoms with Crippen LogP contribution in [0, 0.1) is 34.0 Å². The summed E-state index contributed by atoms with van der Waals surface area (Å²) in [6.45, 7) is 3.53. The Morgan fingerprint density at radius 1 is 1.11 bits per heavy atom. The minimum atomic E-state index is -0.632. The van der Waals surface area contributed by atoms with Gasteiger partial charge in [-0.15, -0.1) is 0 Å². The molecule has 1 rings (SSSR count). The molecule has 88 valence electrons. The van der Waals surface area contributed by atoms with E-state index >= 15 is 0 Å². The van der Waals surface area contributed by atoms with Gasteiger partial charge in [0, 0.05) is 5.56 Å². The standard InChI is InChI=1S/C13H9N3S2/c1-13(2,8-16)18-12(17)11-4-9(6-14)3-10(5-11)7-15/h3-5H,1-2H3. The van der Waals surface area contributed by atoms with Crippen LogP contribution in [0.25, 0.3) is 0 Å². The summed E-state index contributed by atoms with van der Waals surface area (Å²) in [5, 5.41) is 26.7. The fraction of sp³-hybridized carbons (Fsp3) is 0.231. The second-order valence-electron chi connectivity index (χ2n) is 4.03. The summed E-state index contributed by atoms with van der Waals surface area (Å²) in [6.07, 6.45) is 0. The number of rotatable bonds is 2. The molecule has 0 aliphatic heterocycles. The van der Waals surface area contributed by atoms with E-state index in [0.29, 0.717) is 20.9 Å². The van der Waals surface area contributed by atoms with E-state index in [1.165, 1.54) is 17.8 Å². The fourth-order valence-corrected chi connectivity index (χ4v) is 2.68. The molecule has 0 saturated heterocycles. The highest BCUT2D eigenvalue weighted by Gasteiger charge is 2.21. The van der Waals surface area contributed by atoms with E-state index in [-0.39, 0.29) is 0 Å². The summed E-state index contributed by atoms with van der Waals surface area (Å²) in [7, 11) is 0. The Labute approximate surface area is 116 Å². The zero-order valence-electron chi connectivity index (χ0n) is 9.89. The average molecular weight is 271 g/mol. The van der Waals surface area contributed by atoms with E-state index in [4.69, 9.17) is 28.0 Å². The molecule has 0 heterocycles. The van der Waals surface area contributed by atoms with Gasteiger partial charge in [-0.3, -0.25) is 0 Å². The SMILES string of the molecule is CC(C)(C#N)SC(=S)c1cc(C#N)cc(C#N)c1. The molecule has 3 nitrogen and oxygen atoms in total. The molecule has 0 fully saturated rings. The van der Waals surface area contributed by atoms with E-state index in [1.807, 2.05) is 12.1 Å². The summed E-state index contributed by atoms with van der Waals surface area (Å²) < 4.78 is -0.123. The van der Waals surface area contributed by atoms with Crippen LogP contribution in [-0.4, -0.2) is 8.94 Å². The zero-order valence-corrected chi connectivity index (χ0v) is 11.5. The van der Waals surface area contributed by atoms with Crippen LogP contribution in [0.1, 0.15) is 30.5 Å². The predicted molar refractivity (Wildman–Crippen MR) is 74.9 cm³/mol. The Kier molecular flexibility index (Phi) is 4.45. The molecule has 1 aromatic rings. The van der Waals surface area contributed by atoms with Crippen LogP contribution >= 0.6 is 24.0 Å². The van der Waals surface area contributed by atoms with Gasteiger partial charge < -0.3 is 0 Å². The van der Waals surface area contributed by atoms with E-state index in [2.05, 4.69) is 6.07 Å². The highest BCUT2D eigenvalue weighted by Crippen LogP contribution is 2.28. The average Bonchev–Trinajstić information content (AvgIpc) is 2.37. The Morgan fingerprint density at radius 2 is 1.61 bits per heavy atom. The van der Waals surface area contributed by atoms with Gasteiger partial charge in [0.25, 0.3) is 0 Å². The van der Waals surface area contributed by atoms with Crippen molar-refractivity contribution in [3.63, 3.8) is 0 Å². The van der Waals surface area contributed by atoms with Crippen molar-refractivity contribution in [1.29, 1.82) is 15.8 Å². The molecule has 1 aromatic carbocycles. The number of nitrogens with zero attached hydrogens (tertiary/aromatic N) is 3. The molecule has 0 saturated carbocycles. The molecule has 0 aliphatic rings. The van der Waals surface area contributed by atoms with Crippen LogP contribution in [0.4, 0.5) is 0 Å². The molecule has 18 heavy (non-hydrogen) atoms. The van der Waals surface area contributed by atoms with E-state index in [0.717, 1.165) is 0 Å². The van der Waals surface area contributed by atoms with Crippen molar-refractivity contribution in [3.8, 4) is 18.2 Å². The predicted octanol–water partition coefficient (Wildman–Crippen LogP) is 3.14. The molecule has 5 heteroatoms. The lowest BCUT2D eigenvalue weighted by atomic mass is 10.1. The first-order chi connectivity index (χ1) is 8.41. The van der Waals surface area contributed by atoms with Gasteiger partial charge in [0.15, 0.2) is 0 Å². The van der Waals surface area contributed by atoms with Gasteiger partial charge in [0.2, 0.25) is 0 Å². The zero-order chi connectivity index (χ0) is 13.8. The Bertz CT molecular complexity index is 580. The molecule has 0 amide bonds. The summed E-state index contributed by atoms with van der Waals surface area (Å²) >= 11 is 6.49. The number of thioether (sulfide) groups is 1. The van der Waals surface area contributed by atoms with Gasteiger partial charge in [-0.1, -0.05) is 24.0 Å². The monoisotopic (exact) mass is 271 g/mol. The number of benzene rings is 1. The summed E-state index contributed by atoms with van der Waals surface area (Å²) in [5.74, 6) is 0. The Hall–Kier alpha value is -1.87. The van der Waals surface area contributed by atoms with Crippen molar-refractivity contribution < 1.29 is 0 Å². The van der Waals surface area contributed by atoms with E-state index < -0.39 is 4.75 Å². The number of hydrogen-bond acceptors (Lipinski definition) is 5. The minimum Gasteiger partial charge on any atom is -0.197 e. The van der Waals surface area contributed by atoms with Crippen molar-refractivity contribution in [2.24, 2.45) is 0 Å². The fourth-order valence-electron chi connectivity index (χ4n) is 1.19. The summed E-state index contributed by atoms with van der Waals surface area (Å²) in [6, 6.07) is 10.9. The van der Waals surface area contributed by atoms with Gasteiger partial charge in [-0.2, -0.15) is 15.8 Å². The molecule has 0 aliphatic carbocycles. The van der Waals surface area contributed by atoms with Crippen LogP contribution in [-0.2, 0) is 0 Å². The van der Waals surface area contributed by atoms with Crippen LogP contribution in [0.2, 0.25) is 0 Å². The van der Waals surface area contributed by atoms with Gasteiger partial charge in [0.1, 0.15) is 4.75 Å². The second-order valence-corrected chi connectivity index (χ2v) is 6.33. The third-order valence-electron chi connectivity index (χ3n) is 2.04. The minimum absolute atomic E-state index is 0.391. The molecule has 0 aromatic heterocycles. The lowest BCUT2D eigenvalue weighted by Gasteiger charge is -2.15. The van der Waals surface area contributed by atoms with E-state index in [1.54, 1.807) is 26.0 Å². The van der Waals surface area contributed by atoms with Gasteiger partial charge in [-0.05, 0) is 32.0 Å². The van der Waals surface area contributed by atoms with Crippen molar-refractivity contribution in [2.75, 3.05) is 0 Å². The van der Waals surface area contributed by atoms with Crippen LogP contribution in [0.3, 0.4) is 0 Å². The van der Waals surface area contributed by atoms with Gasteiger partial charge in [0.05, 0.1) is 33.5 Å². The summed E-state index contributed by atoms with van der Waals surface area (Å²) in [5.41, 5.74) is 1.41. The maximum Gasteiger partial charge on any atom is 0.102 e. The van der Waals surface area contributed by atoms with Crippen LogP contribution in [0.5, 0.6) is 0 Å². The second kappa shape index (κ2) is 5.65. The highest BCUT2D eigenvalue weighted by molar-refractivity contribution is 8.24. The largest absolute Gasteiger partial charge is 0.197 e. The van der Waals surface area contributed by atoms with Crippen molar-refractivity contribution in [3.05, 3.63) is 34.9 Å². The molecule has 0 N–H and O–H groups in total. The Balaban J connectivity index is 3.12. The van der Waals surface area contributed by atoms with Crippen molar-refractivity contribution >= 4 is 28.2 Å². The molecule has 0 bridgehead atoms. The summed E-state index contributed by atoms with van der Waals surface area (Å²) in [4.78, 5) is 0. The van der Waals surface area contributed by atoms with Crippen LogP contribution in [0.15, 0.2) is 18.2 Å². The molecular weight excluding hydrogens is 262 g/mol. The highest BCUT2D eigenvalue weighted by atomic mass is 32.2. The third-order valence-corrected chi connectivity index (χ3v) is 3.55. The lowest BCUT2D eigenvalue weighted by molar-refractivity contribution is 0.921. The maximum absolute atomic E-state index is 8.96. The number of hydrogen-bond donors (Lipinski definition) is 0. The normalized spacial score (nSPS) is 9.94. The maximum atomic E-state index is 8.96. The molecule has 0 unspecified atom stereocenters. The molecular formula is C13H9N3S2. The van der Waals surface area contributed by atoms with Crippen LogP contribution < -0.4 is 0 Å². The van der Waals surface area contributed by atoms with E-state index in [9.17, 15) is 0 Å². The van der Waals surface area contributed by atoms with Gasteiger partial charge >= 0.3 is 0 Å². The molecule has 0 radical (unpaired) electrons. The first-order valence-electron chi connectivity index (χ1n) is 5.02. The van der Waals surface area contributed by atoms with Crippen molar-refractivity contribution in [2.45, 2.75) is 18.6 Å². The third kappa shape index (κ3) is 3.57. The lowest BCUT2D eigenvalue weighted by Crippen LogP contribution is -2.14. The topological polar surface area (TPSA) is 71.4 Å². The quantitative estimate of drug-likeness (QED) is 0.773. The number of thiocarbonyl (C=S) groups is 1. The molecule has 0 spiro atoms. The van der Waals surface area contributed by atoms with Crippen molar-refractivity contribution in [1.82, 2.24) is 0 Å². The first-order valence-corrected chi connectivity index (χ1v) is 6.24.